The molecular formula is C15H21NO. The molecule has 0 spiro atoms. The van der Waals surface area contributed by atoms with Crippen molar-refractivity contribution in [3.8, 4) is 0 Å². The van der Waals surface area contributed by atoms with Crippen molar-refractivity contribution in [3.05, 3.63) is 35.4 Å². The van der Waals surface area contributed by atoms with Gasteiger partial charge in [0.15, 0.2) is 0 Å². The molecule has 0 bridgehead atoms. The van der Waals surface area contributed by atoms with E-state index in [1.54, 1.807) is 0 Å². The molecule has 2 nitrogen and oxygen atoms in total. The van der Waals surface area contributed by atoms with Crippen LogP contribution in [-0.2, 0) is 17.6 Å². The number of hydrogen-bond donors (Lipinski definition) is 1. The van der Waals surface area contributed by atoms with Crippen molar-refractivity contribution in [1.82, 2.24) is 0 Å². The molecule has 1 atom stereocenters. The second kappa shape index (κ2) is 5.01. The molecule has 1 aromatic carbocycles. The van der Waals surface area contributed by atoms with Gasteiger partial charge in [0, 0.05) is 6.42 Å². The minimum Gasteiger partial charge on any atom is -0.321 e. The number of hydrogen-bond acceptors (Lipinski definition) is 2. The predicted molar refractivity (Wildman–Crippen MR) is 69.8 cm³/mol. The molecular weight excluding hydrogens is 210 g/mol. The predicted octanol–water partition coefficient (Wildman–Crippen LogP) is 2.34. The summed E-state index contributed by atoms with van der Waals surface area (Å²) >= 11 is 0. The van der Waals surface area contributed by atoms with E-state index in [2.05, 4.69) is 24.3 Å². The number of carbonyl (C=O) groups excluding carboxylic acids is 1. The molecule has 0 fully saturated rings. The van der Waals surface area contributed by atoms with Crippen LogP contribution < -0.4 is 5.73 Å². The van der Waals surface area contributed by atoms with Gasteiger partial charge in [-0.15, -0.1) is 0 Å². The molecule has 2 rings (SSSR count). The molecule has 0 radical (unpaired) electrons. The molecule has 92 valence electrons. The van der Waals surface area contributed by atoms with E-state index < -0.39 is 0 Å². The zero-order chi connectivity index (χ0) is 12.4. The lowest BCUT2D eigenvalue weighted by atomic mass is 9.92. The highest BCUT2D eigenvalue weighted by atomic mass is 16.1. The second-order valence-corrected chi connectivity index (χ2v) is 5.48. The Balaban J connectivity index is 1.94. The monoisotopic (exact) mass is 231 g/mol. The van der Waals surface area contributed by atoms with E-state index in [4.69, 9.17) is 5.73 Å². The van der Waals surface area contributed by atoms with E-state index in [1.807, 2.05) is 13.8 Å². The van der Waals surface area contributed by atoms with Crippen molar-refractivity contribution in [3.63, 3.8) is 0 Å². The lowest BCUT2D eigenvalue weighted by molar-refractivity contribution is -0.122. The molecule has 0 heterocycles. The number of fused-ring (bicyclic) bond motifs is 1. The average molecular weight is 231 g/mol. The van der Waals surface area contributed by atoms with Gasteiger partial charge in [-0.05, 0) is 35.8 Å². The Morgan fingerprint density at radius 1 is 1.29 bits per heavy atom. The minimum absolute atomic E-state index is 0.220. The average Bonchev–Trinajstić information content (AvgIpc) is 2.69. The van der Waals surface area contributed by atoms with Crippen LogP contribution in [0.25, 0.3) is 0 Å². The van der Waals surface area contributed by atoms with E-state index in [9.17, 15) is 4.79 Å². The Bertz CT molecular complexity index is 386. The van der Waals surface area contributed by atoms with Gasteiger partial charge in [-0.2, -0.15) is 0 Å². The number of rotatable bonds is 4. The third-order valence-electron chi connectivity index (χ3n) is 3.72. The van der Waals surface area contributed by atoms with Crippen LogP contribution in [0.5, 0.6) is 0 Å². The molecule has 0 aromatic heterocycles. The Labute approximate surface area is 103 Å². The van der Waals surface area contributed by atoms with Crippen LogP contribution >= 0.6 is 0 Å². The van der Waals surface area contributed by atoms with Crippen molar-refractivity contribution in [2.75, 3.05) is 0 Å². The van der Waals surface area contributed by atoms with Crippen molar-refractivity contribution in [2.45, 2.75) is 39.2 Å². The fourth-order valence-corrected chi connectivity index (χ4v) is 2.59. The van der Waals surface area contributed by atoms with Gasteiger partial charge < -0.3 is 5.73 Å². The van der Waals surface area contributed by atoms with Crippen molar-refractivity contribution >= 4 is 5.78 Å². The zero-order valence-electron chi connectivity index (χ0n) is 10.6. The standard InChI is InChI=1S/C15H21NO/c1-10(2)15(16)14(17)9-11-7-12-5-3-4-6-13(12)8-11/h3-6,10-11,15H,7-9,16H2,1-2H3/t15-/m1/s1. The molecule has 2 heteroatoms. The molecule has 0 unspecified atom stereocenters. The van der Waals surface area contributed by atoms with Gasteiger partial charge in [0.2, 0.25) is 0 Å². The highest BCUT2D eigenvalue weighted by Crippen LogP contribution is 2.29. The second-order valence-electron chi connectivity index (χ2n) is 5.48. The van der Waals surface area contributed by atoms with Gasteiger partial charge in [-0.25, -0.2) is 0 Å². The summed E-state index contributed by atoms with van der Waals surface area (Å²) in [5.41, 5.74) is 8.71. The lowest BCUT2D eigenvalue weighted by Gasteiger charge is -2.16. The van der Waals surface area contributed by atoms with E-state index in [0.29, 0.717) is 12.3 Å². The van der Waals surface area contributed by atoms with Gasteiger partial charge in [0.1, 0.15) is 5.78 Å². The number of benzene rings is 1. The summed E-state index contributed by atoms with van der Waals surface area (Å²) in [7, 11) is 0. The summed E-state index contributed by atoms with van der Waals surface area (Å²) in [6.07, 6.45) is 2.70. The Hall–Kier alpha value is -1.15. The van der Waals surface area contributed by atoms with Crippen LogP contribution in [0.1, 0.15) is 31.4 Å². The SMILES string of the molecule is CC(C)[C@@H](N)C(=O)CC1Cc2ccccc2C1. The Morgan fingerprint density at radius 2 is 1.82 bits per heavy atom. The lowest BCUT2D eigenvalue weighted by Crippen LogP contribution is -2.36. The van der Waals surface area contributed by atoms with Gasteiger partial charge in [-0.3, -0.25) is 4.79 Å². The molecule has 0 saturated carbocycles. The zero-order valence-corrected chi connectivity index (χ0v) is 10.6. The van der Waals surface area contributed by atoms with Crippen molar-refractivity contribution in [2.24, 2.45) is 17.6 Å². The third-order valence-corrected chi connectivity index (χ3v) is 3.72. The molecule has 1 aromatic rings. The smallest absolute Gasteiger partial charge is 0.150 e. The Morgan fingerprint density at radius 3 is 2.29 bits per heavy atom. The number of ketones is 1. The van der Waals surface area contributed by atoms with E-state index >= 15 is 0 Å². The van der Waals surface area contributed by atoms with Crippen molar-refractivity contribution in [1.29, 1.82) is 0 Å². The summed E-state index contributed by atoms with van der Waals surface area (Å²) in [4.78, 5) is 12.0. The summed E-state index contributed by atoms with van der Waals surface area (Å²) in [6.45, 7) is 4.01. The molecule has 0 saturated heterocycles. The van der Waals surface area contributed by atoms with Crippen LogP contribution in [0.3, 0.4) is 0 Å². The first-order chi connectivity index (χ1) is 8.08. The van der Waals surface area contributed by atoms with Crippen LogP contribution in [0.15, 0.2) is 24.3 Å². The first-order valence-corrected chi connectivity index (χ1v) is 6.43. The third kappa shape index (κ3) is 2.75. The molecule has 1 aliphatic carbocycles. The maximum Gasteiger partial charge on any atom is 0.150 e. The van der Waals surface area contributed by atoms with Gasteiger partial charge in [0.05, 0.1) is 6.04 Å². The number of nitrogens with two attached hydrogens (primary N) is 1. The maximum absolute atomic E-state index is 12.0. The van der Waals surface area contributed by atoms with E-state index in [-0.39, 0.29) is 17.7 Å². The molecule has 0 amide bonds. The molecule has 0 aliphatic heterocycles. The first-order valence-electron chi connectivity index (χ1n) is 6.43. The highest BCUT2D eigenvalue weighted by Gasteiger charge is 2.26. The summed E-state index contributed by atoms with van der Waals surface area (Å²) in [5.74, 6) is 0.925. The van der Waals surface area contributed by atoms with E-state index in [1.165, 1.54) is 11.1 Å². The molecule has 2 N–H and O–H groups in total. The van der Waals surface area contributed by atoms with E-state index in [0.717, 1.165) is 12.8 Å². The quantitative estimate of drug-likeness (QED) is 0.864. The molecule has 17 heavy (non-hydrogen) atoms. The minimum atomic E-state index is -0.293. The fourth-order valence-electron chi connectivity index (χ4n) is 2.59. The van der Waals surface area contributed by atoms with Crippen LogP contribution in [0, 0.1) is 11.8 Å². The van der Waals surface area contributed by atoms with Crippen LogP contribution in [-0.4, -0.2) is 11.8 Å². The summed E-state index contributed by atoms with van der Waals surface area (Å²) in [5, 5.41) is 0. The summed E-state index contributed by atoms with van der Waals surface area (Å²) in [6, 6.07) is 8.19. The van der Waals surface area contributed by atoms with Gasteiger partial charge >= 0.3 is 0 Å². The fraction of sp³-hybridized carbons (Fsp3) is 0.533. The van der Waals surface area contributed by atoms with Crippen LogP contribution in [0.4, 0.5) is 0 Å². The summed E-state index contributed by atoms with van der Waals surface area (Å²) < 4.78 is 0. The normalized spacial score (nSPS) is 17.2. The van der Waals surface area contributed by atoms with Crippen LogP contribution in [0.2, 0.25) is 0 Å². The number of Topliss-reactive ketones (excluding diaryl/α,β-unsaturated/α-hetero) is 1. The highest BCUT2D eigenvalue weighted by molar-refractivity contribution is 5.84. The maximum atomic E-state index is 12.0. The largest absolute Gasteiger partial charge is 0.321 e. The van der Waals surface area contributed by atoms with Gasteiger partial charge in [-0.1, -0.05) is 38.1 Å². The van der Waals surface area contributed by atoms with Crippen molar-refractivity contribution < 1.29 is 4.79 Å². The first kappa shape index (κ1) is 12.3. The topological polar surface area (TPSA) is 43.1 Å². The Kier molecular flexibility index (Phi) is 3.63. The van der Waals surface area contributed by atoms with Gasteiger partial charge in [0.25, 0.3) is 0 Å². The number of carbonyl (C=O) groups is 1. The molecule has 1 aliphatic rings.